The van der Waals surface area contributed by atoms with Gasteiger partial charge in [-0.3, -0.25) is 4.79 Å². The highest BCUT2D eigenvalue weighted by atomic mass is 32.1. The predicted octanol–water partition coefficient (Wildman–Crippen LogP) is 2.13. The van der Waals surface area contributed by atoms with E-state index in [1.165, 1.54) is 30.6 Å². The van der Waals surface area contributed by atoms with E-state index in [1.807, 2.05) is 6.92 Å². The number of nitrogens with one attached hydrogen (secondary N) is 1. The fourth-order valence-corrected chi connectivity index (χ4v) is 3.01. The molecule has 0 saturated carbocycles. The van der Waals surface area contributed by atoms with E-state index in [4.69, 9.17) is 5.11 Å². The van der Waals surface area contributed by atoms with Crippen LogP contribution in [0.2, 0.25) is 0 Å². The molecule has 1 aromatic heterocycles. The topological polar surface area (TPSA) is 75.6 Å². The molecular weight excluding hydrogens is 321 g/mol. The number of esters is 1. The van der Waals surface area contributed by atoms with Crippen molar-refractivity contribution in [3.8, 4) is 11.1 Å². The van der Waals surface area contributed by atoms with Crippen molar-refractivity contribution in [1.82, 2.24) is 5.32 Å². The normalized spacial score (nSPS) is 11.8. The van der Waals surface area contributed by atoms with Crippen molar-refractivity contribution >= 4 is 23.2 Å². The smallest absolute Gasteiger partial charge is 0.330 e. The average Bonchev–Trinajstić information content (AvgIpc) is 2.94. The number of aliphatic hydroxyl groups excluding tert-OH is 1. The van der Waals surface area contributed by atoms with E-state index in [0.717, 1.165) is 16.0 Å². The molecule has 1 heterocycles. The van der Waals surface area contributed by atoms with Gasteiger partial charge in [0, 0.05) is 4.88 Å². The zero-order valence-electron chi connectivity index (χ0n) is 12.6. The minimum absolute atomic E-state index is 0.330. The number of amides is 1. The summed E-state index contributed by atoms with van der Waals surface area (Å²) in [5, 5.41) is 11.6. The highest BCUT2D eigenvalue weighted by molar-refractivity contribution is 7.14. The lowest BCUT2D eigenvalue weighted by molar-refractivity contribution is -0.143. The fourth-order valence-electron chi connectivity index (χ4n) is 2.06. The van der Waals surface area contributed by atoms with Crippen LogP contribution in [0.15, 0.2) is 30.3 Å². The van der Waals surface area contributed by atoms with Gasteiger partial charge in [0.2, 0.25) is 0 Å². The summed E-state index contributed by atoms with van der Waals surface area (Å²) < 4.78 is 17.5. The average molecular weight is 337 g/mol. The molecule has 1 atom stereocenters. The van der Waals surface area contributed by atoms with Crippen LogP contribution in [0.3, 0.4) is 0 Å². The number of thiophene rings is 1. The van der Waals surface area contributed by atoms with E-state index >= 15 is 0 Å². The third kappa shape index (κ3) is 3.94. The van der Waals surface area contributed by atoms with Gasteiger partial charge in [-0.1, -0.05) is 12.1 Å². The first-order valence-electron chi connectivity index (χ1n) is 6.82. The Bertz CT molecular complexity index is 711. The van der Waals surface area contributed by atoms with Gasteiger partial charge in [0.25, 0.3) is 5.91 Å². The van der Waals surface area contributed by atoms with Gasteiger partial charge in [-0.25, -0.2) is 9.18 Å². The number of ether oxygens (including phenoxy) is 1. The Kier molecular flexibility index (Phi) is 5.46. The van der Waals surface area contributed by atoms with Crippen LogP contribution in [0, 0.1) is 12.7 Å². The van der Waals surface area contributed by atoms with Crippen LogP contribution in [-0.4, -0.2) is 36.7 Å². The zero-order valence-corrected chi connectivity index (χ0v) is 13.4. The van der Waals surface area contributed by atoms with Crippen LogP contribution in [0.5, 0.6) is 0 Å². The number of methoxy groups -OCH3 is 1. The Morgan fingerprint density at radius 2 is 2.00 bits per heavy atom. The standard InChI is InChI=1S/C16H16FNO4S/c1-9-12(10-3-5-11(17)6-4-10)7-14(23-9)15(20)18-13(8-19)16(21)22-2/h3-7,13,19H,8H2,1-2H3,(H,18,20). The van der Waals surface area contributed by atoms with Crippen molar-refractivity contribution in [2.75, 3.05) is 13.7 Å². The number of carbonyl (C=O) groups is 2. The van der Waals surface area contributed by atoms with Gasteiger partial charge >= 0.3 is 5.97 Å². The van der Waals surface area contributed by atoms with Crippen LogP contribution in [-0.2, 0) is 9.53 Å². The number of benzene rings is 1. The molecule has 0 aliphatic carbocycles. The Labute approximate surface area is 136 Å². The van der Waals surface area contributed by atoms with Crippen molar-refractivity contribution in [3.05, 3.63) is 45.9 Å². The van der Waals surface area contributed by atoms with E-state index in [1.54, 1.807) is 18.2 Å². The predicted molar refractivity (Wildman–Crippen MR) is 84.8 cm³/mol. The summed E-state index contributed by atoms with van der Waals surface area (Å²) in [4.78, 5) is 24.9. The van der Waals surface area contributed by atoms with Gasteiger partial charge in [0.05, 0.1) is 18.6 Å². The largest absolute Gasteiger partial charge is 0.467 e. The van der Waals surface area contributed by atoms with E-state index in [2.05, 4.69) is 10.1 Å². The maximum absolute atomic E-state index is 13.0. The second-order valence-electron chi connectivity index (χ2n) is 4.82. The highest BCUT2D eigenvalue weighted by Gasteiger charge is 2.22. The molecule has 0 aliphatic heterocycles. The minimum Gasteiger partial charge on any atom is -0.467 e. The minimum atomic E-state index is -1.11. The molecule has 0 fully saturated rings. The number of halogens is 1. The maximum Gasteiger partial charge on any atom is 0.330 e. The Hall–Kier alpha value is -2.25. The highest BCUT2D eigenvalue weighted by Crippen LogP contribution is 2.31. The lowest BCUT2D eigenvalue weighted by Gasteiger charge is -2.12. The number of aryl methyl sites for hydroxylation is 1. The molecule has 1 amide bonds. The summed E-state index contributed by atoms with van der Waals surface area (Å²) in [6, 6.07) is 6.54. The van der Waals surface area contributed by atoms with Crippen molar-refractivity contribution in [3.63, 3.8) is 0 Å². The molecule has 122 valence electrons. The van der Waals surface area contributed by atoms with Crippen molar-refractivity contribution in [2.24, 2.45) is 0 Å². The summed E-state index contributed by atoms with van der Waals surface area (Å²) >= 11 is 1.25. The summed E-state index contributed by atoms with van der Waals surface area (Å²) in [6.45, 7) is 1.30. The number of aliphatic hydroxyl groups is 1. The third-order valence-electron chi connectivity index (χ3n) is 3.27. The van der Waals surface area contributed by atoms with Gasteiger partial charge in [0.1, 0.15) is 5.82 Å². The van der Waals surface area contributed by atoms with Gasteiger partial charge in [-0.15, -0.1) is 11.3 Å². The summed E-state index contributed by atoms with van der Waals surface area (Å²) in [5.41, 5.74) is 1.62. The molecule has 2 N–H and O–H groups in total. The number of hydrogen-bond acceptors (Lipinski definition) is 5. The second-order valence-corrected chi connectivity index (χ2v) is 6.08. The van der Waals surface area contributed by atoms with Crippen LogP contribution in [0.4, 0.5) is 4.39 Å². The first-order valence-corrected chi connectivity index (χ1v) is 7.63. The van der Waals surface area contributed by atoms with Crippen molar-refractivity contribution < 1.29 is 23.8 Å². The zero-order chi connectivity index (χ0) is 17.0. The number of rotatable bonds is 5. The lowest BCUT2D eigenvalue weighted by Crippen LogP contribution is -2.43. The van der Waals surface area contributed by atoms with Crippen LogP contribution in [0.25, 0.3) is 11.1 Å². The molecule has 7 heteroatoms. The fraction of sp³-hybridized carbons (Fsp3) is 0.250. The molecular formula is C16H16FNO4S. The Morgan fingerprint density at radius 1 is 1.35 bits per heavy atom. The molecule has 0 aliphatic rings. The Balaban J connectivity index is 2.21. The summed E-state index contributed by atoms with van der Waals surface area (Å²) in [6.07, 6.45) is 0. The van der Waals surface area contributed by atoms with Gasteiger partial charge in [-0.05, 0) is 36.2 Å². The van der Waals surface area contributed by atoms with Crippen LogP contribution >= 0.6 is 11.3 Å². The monoisotopic (exact) mass is 337 g/mol. The number of carbonyl (C=O) groups excluding carboxylic acids is 2. The van der Waals surface area contributed by atoms with E-state index in [-0.39, 0.29) is 5.82 Å². The third-order valence-corrected chi connectivity index (χ3v) is 4.32. The molecule has 5 nitrogen and oxygen atoms in total. The molecule has 0 bridgehead atoms. The molecule has 0 saturated heterocycles. The molecule has 2 aromatic rings. The van der Waals surface area contributed by atoms with Crippen molar-refractivity contribution in [1.29, 1.82) is 0 Å². The molecule has 0 radical (unpaired) electrons. The molecule has 1 unspecified atom stereocenters. The van der Waals surface area contributed by atoms with Gasteiger partial charge in [0.15, 0.2) is 6.04 Å². The Morgan fingerprint density at radius 3 is 2.57 bits per heavy atom. The lowest BCUT2D eigenvalue weighted by atomic mass is 10.1. The molecule has 0 spiro atoms. The van der Waals surface area contributed by atoms with E-state index < -0.39 is 24.5 Å². The van der Waals surface area contributed by atoms with Crippen molar-refractivity contribution in [2.45, 2.75) is 13.0 Å². The molecule has 1 aromatic carbocycles. The van der Waals surface area contributed by atoms with Gasteiger partial charge < -0.3 is 15.2 Å². The molecule has 2 rings (SSSR count). The second kappa shape index (κ2) is 7.34. The summed E-state index contributed by atoms with van der Waals surface area (Å²) in [5.74, 6) is -1.52. The molecule has 23 heavy (non-hydrogen) atoms. The van der Waals surface area contributed by atoms with Gasteiger partial charge in [-0.2, -0.15) is 0 Å². The summed E-state index contributed by atoms with van der Waals surface area (Å²) in [7, 11) is 1.18. The number of hydrogen-bond donors (Lipinski definition) is 2. The SMILES string of the molecule is COC(=O)C(CO)NC(=O)c1cc(-c2ccc(F)cc2)c(C)s1. The van der Waals surface area contributed by atoms with E-state index in [0.29, 0.717) is 4.88 Å². The quantitative estimate of drug-likeness (QED) is 0.820. The van der Waals surface area contributed by atoms with Crippen LogP contribution in [0.1, 0.15) is 14.5 Å². The first-order chi connectivity index (χ1) is 11.0. The van der Waals surface area contributed by atoms with Crippen LogP contribution < -0.4 is 5.32 Å². The maximum atomic E-state index is 13.0. The first kappa shape index (κ1) is 17.1. The van der Waals surface area contributed by atoms with E-state index in [9.17, 15) is 14.0 Å².